The lowest BCUT2D eigenvalue weighted by Gasteiger charge is -2.03. The summed E-state index contributed by atoms with van der Waals surface area (Å²) in [5.41, 5.74) is 3.44. The first-order valence-corrected chi connectivity index (χ1v) is 8.67. The maximum atomic E-state index is 6.03. The monoisotopic (exact) mass is 353 g/mol. The van der Waals surface area contributed by atoms with Crippen LogP contribution in [0.2, 0.25) is 5.02 Å². The fraction of sp³-hybridized carbons (Fsp3) is 0.0588. The SMILES string of the molecule is Clc1cccc(CSc2nnc3ccc(-c4ccccn4)nn23)c1. The van der Waals surface area contributed by atoms with Crippen molar-refractivity contribution in [3.8, 4) is 11.4 Å². The Balaban J connectivity index is 1.64. The van der Waals surface area contributed by atoms with Crippen LogP contribution in [-0.4, -0.2) is 24.8 Å². The number of benzene rings is 1. The van der Waals surface area contributed by atoms with Gasteiger partial charge in [0.15, 0.2) is 5.65 Å². The van der Waals surface area contributed by atoms with Gasteiger partial charge in [0.25, 0.3) is 0 Å². The summed E-state index contributed by atoms with van der Waals surface area (Å²) in [6.07, 6.45) is 1.75. The van der Waals surface area contributed by atoms with Gasteiger partial charge in [0, 0.05) is 17.0 Å². The van der Waals surface area contributed by atoms with Gasteiger partial charge < -0.3 is 0 Å². The van der Waals surface area contributed by atoms with Gasteiger partial charge >= 0.3 is 0 Å². The van der Waals surface area contributed by atoms with Crippen molar-refractivity contribution in [1.82, 2.24) is 24.8 Å². The summed E-state index contributed by atoms with van der Waals surface area (Å²) in [7, 11) is 0. The van der Waals surface area contributed by atoms with Gasteiger partial charge in [0.2, 0.25) is 5.16 Å². The number of pyridine rings is 1. The highest BCUT2D eigenvalue weighted by molar-refractivity contribution is 7.98. The zero-order valence-corrected chi connectivity index (χ0v) is 14.1. The minimum Gasteiger partial charge on any atom is -0.255 e. The highest BCUT2D eigenvalue weighted by Crippen LogP contribution is 2.23. The van der Waals surface area contributed by atoms with Gasteiger partial charge in [-0.1, -0.05) is 41.6 Å². The first kappa shape index (κ1) is 15.1. The molecule has 0 radical (unpaired) electrons. The first-order chi connectivity index (χ1) is 11.8. The van der Waals surface area contributed by atoms with Crippen molar-refractivity contribution in [3.05, 3.63) is 71.4 Å². The molecule has 0 saturated carbocycles. The standard InChI is InChI=1S/C17H12ClN5S/c18-13-5-3-4-12(10-13)11-24-17-21-20-16-8-7-15(22-23(16)17)14-6-1-2-9-19-14/h1-10H,11H2. The molecule has 0 spiro atoms. The second kappa shape index (κ2) is 6.59. The van der Waals surface area contributed by atoms with Crippen LogP contribution in [0.1, 0.15) is 5.56 Å². The van der Waals surface area contributed by atoms with E-state index in [4.69, 9.17) is 11.6 Å². The van der Waals surface area contributed by atoms with E-state index >= 15 is 0 Å². The molecule has 0 unspecified atom stereocenters. The maximum absolute atomic E-state index is 6.03. The van der Waals surface area contributed by atoms with Crippen LogP contribution in [0.15, 0.2) is 66.0 Å². The van der Waals surface area contributed by atoms with Crippen LogP contribution in [0, 0.1) is 0 Å². The third-order valence-corrected chi connectivity index (χ3v) is 4.64. The van der Waals surface area contributed by atoms with E-state index < -0.39 is 0 Å². The Morgan fingerprint density at radius 3 is 2.75 bits per heavy atom. The number of thioether (sulfide) groups is 1. The van der Waals surface area contributed by atoms with Gasteiger partial charge in [0.05, 0.1) is 5.69 Å². The normalized spacial score (nSPS) is 11.0. The zero-order chi connectivity index (χ0) is 16.4. The fourth-order valence-electron chi connectivity index (χ4n) is 2.28. The molecule has 3 aromatic heterocycles. The summed E-state index contributed by atoms with van der Waals surface area (Å²) in [5.74, 6) is 0.747. The van der Waals surface area contributed by atoms with E-state index in [2.05, 4.69) is 20.3 Å². The molecule has 0 saturated heterocycles. The minimum atomic E-state index is 0.711. The van der Waals surface area contributed by atoms with Crippen LogP contribution < -0.4 is 0 Å². The predicted octanol–water partition coefficient (Wildman–Crippen LogP) is 4.13. The lowest BCUT2D eigenvalue weighted by atomic mass is 10.2. The molecular formula is C17H12ClN5S. The second-order valence-electron chi connectivity index (χ2n) is 5.10. The van der Waals surface area contributed by atoms with Crippen LogP contribution in [0.3, 0.4) is 0 Å². The molecule has 1 aromatic carbocycles. The Labute approximate surface area is 147 Å². The van der Waals surface area contributed by atoms with Crippen molar-refractivity contribution >= 4 is 29.0 Å². The summed E-state index contributed by atoms with van der Waals surface area (Å²) >= 11 is 7.60. The highest BCUT2D eigenvalue weighted by atomic mass is 35.5. The topological polar surface area (TPSA) is 56.0 Å². The van der Waals surface area contributed by atoms with Gasteiger partial charge in [-0.25, -0.2) is 0 Å². The van der Waals surface area contributed by atoms with E-state index in [0.717, 1.165) is 32.9 Å². The van der Waals surface area contributed by atoms with Gasteiger partial charge in [-0.15, -0.1) is 10.2 Å². The molecule has 4 aromatic rings. The zero-order valence-electron chi connectivity index (χ0n) is 12.5. The van der Waals surface area contributed by atoms with Crippen molar-refractivity contribution in [2.45, 2.75) is 10.9 Å². The number of fused-ring (bicyclic) bond motifs is 1. The van der Waals surface area contributed by atoms with Crippen molar-refractivity contribution in [3.63, 3.8) is 0 Å². The molecule has 3 heterocycles. The number of nitrogens with zero attached hydrogens (tertiary/aromatic N) is 5. The number of rotatable bonds is 4. The van der Waals surface area contributed by atoms with Crippen LogP contribution in [0.5, 0.6) is 0 Å². The van der Waals surface area contributed by atoms with Crippen LogP contribution in [0.4, 0.5) is 0 Å². The summed E-state index contributed by atoms with van der Waals surface area (Å²) in [6, 6.07) is 17.3. The Kier molecular flexibility index (Phi) is 4.15. The van der Waals surface area contributed by atoms with E-state index in [0.29, 0.717) is 5.65 Å². The molecule has 4 rings (SSSR count). The van der Waals surface area contributed by atoms with E-state index in [1.165, 1.54) is 0 Å². The van der Waals surface area contributed by atoms with Crippen molar-refractivity contribution in [1.29, 1.82) is 0 Å². The lowest BCUT2D eigenvalue weighted by molar-refractivity contribution is 0.811. The third-order valence-electron chi connectivity index (χ3n) is 3.42. The van der Waals surface area contributed by atoms with E-state index in [-0.39, 0.29) is 0 Å². The molecule has 0 aliphatic heterocycles. The lowest BCUT2D eigenvalue weighted by Crippen LogP contribution is -1.97. The average molecular weight is 354 g/mol. The molecule has 0 amide bonds. The van der Waals surface area contributed by atoms with E-state index in [1.54, 1.807) is 22.5 Å². The maximum Gasteiger partial charge on any atom is 0.212 e. The summed E-state index contributed by atoms with van der Waals surface area (Å²) in [4.78, 5) is 4.33. The molecule has 5 nitrogen and oxygen atoms in total. The smallest absolute Gasteiger partial charge is 0.212 e. The molecule has 118 valence electrons. The quantitative estimate of drug-likeness (QED) is 0.516. The molecule has 0 fully saturated rings. The highest BCUT2D eigenvalue weighted by Gasteiger charge is 2.10. The Morgan fingerprint density at radius 2 is 1.92 bits per heavy atom. The van der Waals surface area contributed by atoms with Gasteiger partial charge in [0.1, 0.15) is 5.69 Å². The summed E-state index contributed by atoms with van der Waals surface area (Å²) in [6.45, 7) is 0. The molecule has 0 atom stereocenters. The molecular weight excluding hydrogens is 342 g/mol. The number of hydrogen-bond donors (Lipinski definition) is 0. The first-order valence-electron chi connectivity index (χ1n) is 7.31. The Morgan fingerprint density at radius 1 is 0.958 bits per heavy atom. The third kappa shape index (κ3) is 3.11. The average Bonchev–Trinajstić information content (AvgIpc) is 3.03. The predicted molar refractivity (Wildman–Crippen MR) is 95.0 cm³/mol. The molecule has 0 bridgehead atoms. The summed E-state index contributed by atoms with van der Waals surface area (Å²) < 4.78 is 1.75. The van der Waals surface area contributed by atoms with Crippen molar-refractivity contribution in [2.75, 3.05) is 0 Å². The van der Waals surface area contributed by atoms with Crippen LogP contribution >= 0.6 is 23.4 Å². The number of halogens is 1. The van der Waals surface area contributed by atoms with Crippen LogP contribution in [-0.2, 0) is 5.75 Å². The van der Waals surface area contributed by atoms with E-state index in [9.17, 15) is 0 Å². The number of hydrogen-bond acceptors (Lipinski definition) is 5. The van der Waals surface area contributed by atoms with Gasteiger partial charge in [-0.3, -0.25) is 4.98 Å². The molecule has 0 aliphatic rings. The van der Waals surface area contributed by atoms with Crippen molar-refractivity contribution in [2.24, 2.45) is 0 Å². The largest absolute Gasteiger partial charge is 0.255 e. The van der Waals surface area contributed by atoms with Crippen LogP contribution in [0.25, 0.3) is 17.0 Å². The Hall–Kier alpha value is -2.44. The van der Waals surface area contributed by atoms with Gasteiger partial charge in [-0.2, -0.15) is 9.61 Å². The Bertz CT molecular complexity index is 987. The molecule has 0 N–H and O–H groups in total. The molecule has 7 heteroatoms. The molecule has 24 heavy (non-hydrogen) atoms. The minimum absolute atomic E-state index is 0.711. The van der Waals surface area contributed by atoms with Gasteiger partial charge in [-0.05, 0) is 42.0 Å². The summed E-state index contributed by atoms with van der Waals surface area (Å²) in [5, 5.41) is 14.5. The number of aromatic nitrogens is 5. The van der Waals surface area contributed by atoms with E-state index in [1.807, 2.05) is 54.6 Å². The fourth-order valence-corrected chi connectivity index (χ4v) is 3.33. The van der Waals surface area contributed by atoms with Crippen molar-refractivity contribution < 1.29 is 0 Å². The molecule has 0 aliphatic carbocycles. The second-order valence-corrected chi connectivity index (χ2v) is 6.48.